The smallest absolute Gasteiger partial charge is 0.255 e. The summed E-state index contributed by atoms with van der Waals surface area (Å²) in [5.41, 5.74) is 2.66. The van der Waals surface area contributed by atoms with Crippen molar-refractivity contribution < 1.29 is 4.79 Å². The van der Waals surface area contributed by atoms with Crippen LogP contribution in [0.25, 0.3) is 0 Å². The molecule has 1 N–H and O–H groups in total. The largest absolute Gasteiger partial charge is 0.338 e. The molecule has 1 aliphatic heterocycles. The van der Waals surface area contributed by atoms with Gasteiger partial charge in [-0.05, 0) is 49.6 Å². The van der Waals surface area contributed by atoms with E-state index < -0.39 is 0 Å². The molecule has 7 nitrogen and oxygen atoms in total. The summed E-state index contributed by atoms with van der Waals surface area (Å²) in [6.07, 6.45) is 8.79. The number of aromatic nitrogens is 4. The Morgan fingerprint density at radius 3 is 2.86 bits per heavy atom. The zero-order valence-corrected chi connectivity index (χ0v) is 15.7. The number of piperidine rings is 1. The van der Waals surface area contributed by atoms with Crippen molar-refractivity contribution in [1.82, 2.24) is 24.8 Å². The molecular formula is C21H22N6O. The SMILES string of the molecule is Cc1ccc(Nc2nccc([C@H]3CCCN(C(=O)c4cccnc4)C3)n2)nc1. The molecule has 1 fully saturated rings. The van der Waals surface area contributed by atoms with Crippen LogP contribution in [0.3, 0.4) is 0 Å². The zero-order chi connectivity index (χ0) is 19.3. The Morgan fingerprint density at radius 1 is 1.14 bits per heavy atom. The van der Waals surface area contributed by atoms with Crippen LogP contribution in [0.2, 0.25) is 0 Å². The Balaban J connectivity index is 1.47. The van der Waals surface area contributed by atoms with Crippen molar-refractivity contribution in [1.29, 1.82) is 0 Å². The normalized spacial score (nSPS) is 16.6. The molecule has 0 saturated carbocycles. The van der Waals surface area contributed by atoms with E-state index in [4.69, 9.17) is 0 Å². The van der Waals surface area contributed by atoms with Gasteiger partial charge >= 0.3 is 0 Å². The lowest BCUT2D eigenvalue weighted by molar-refractivity contribution is 0.0705. The second kappa shape index (κ2) is 8.12. The predicted octanol–water partition coefficient (Wildman–Crippen LogP) is 3.34. The Bertz CT molecular complexity index is 945. The summed E-state index contributed by atoms with van der Waals surface area (Å²) in [5, 5.41) is 3.15. The van der Waals surface area contributed by atoms with Crippen LogP contribution < -0.4 is 5.32 Å². The van der Waals surface area contributed by atoms with Crippen molar-refractivity contribution in [3.05, 3.63) is 71.9 Å². The van der Waals surface area contributed by atoms with Gasteiger partial charge in [-0.1, -0.05) is 6.07 Å². The second-order valence-corrected chi connectivity index (χ2v) is 6.98. The van der Waals surface area contributed by atoms with Crippen LogP contribution in [-0.4, -0.2) is 43.8 Å². The molecule has 0 spiro atoms. The monoisotopic (exact) mass is 374 g/mol. The fourth-order valence-corrected chi connectivity index (χ4v) is 3.39. The summed E-state index contributed by atoms with van der Waals surface area (Å²) in [5.74, 6) is 1.43. The fourth-order valence-electron chi connectivity index (χ4n) is 3.39. The molecule has 1 aliphatic rings. The average Bonchev–Trinajstić information content (AvgIpc) is 2.76. The number of anilines is 2. The van der Waals surface area contributed by atoms with Crippen molar-refractivity contribution in [2.75, 3.05) is 18.4 Å². The molecule has 0 aliphatic carbocycles. The van der Waals surface area contributed by atoms with E-state index in [-0.39, 0.29) is 11.8 Å². The van der Waals surface area contributed by atoms with Gasteiger partial charge in [0.15, 0.2) is 0 Å². The molecule has 4 rings (SSSR count). The highest BCUT2D eigenvalue weighted by molar-refractivity contribution is 5.94. The molecule has 28 heavy (non-hydrogen) atoms. The fraction of sp³-hybridized carbons (Fsp3) is 0.286. The molecular weight excluding hydrogens is 352 g/mol. The van der Waals surface area contributed by atoms with Gasteiger partial charge in [-0.3, -0.25) is 9.78 Å². The van der Waals surface area contributed by atoms with Gasteiger partial charge in [0.1, 0.15) is 5.82 Å². The summed E-state index contributed by atoms with van der Waals surface area (Å²) in [4.78, 5) is 32.0. The van der Waals surface area contributed by atoms with Gasteiger partial charge in [0, 0.05) is 43.8 Å². The minimum Gasteiger partial charge on any atom is -0.338 e. The molecule has 0 unspecified atom stereocenters. The number of rotatable bonds is 4. The number of likely N-dealkylation sites (tertiary alicyclic amines) is 1. The first-order valence-corrected chi connectivity index (χ1v) is 9.41. The summed E-state index contributed by atoms with van der Waals surface area (Å²) in [6, 6.07) is 9.41. The maximum Gasteiger partial charge on any atom is 0.255 e. The Kier molecular flexibility index (Phi) is 5.23. The Morgan fingerprint density at radius 2 is 2.07 bits per heavy atom. The quantitative estimate of drug-likeness (QED) is 0.754. The van der Waals surface area contributed by atoms with Crippen LogP contribution in [0, 0.1) is 6.92 Å². The lowest BCUT2D eigenvalue weighted by Crippen LogP contribution is -2.39. The van der Waals surface area contributed by atoms with E-state index in [2.05, 4.69) is 25.3 Å². The number of aryl methyl sites for hydroxylation is 1. The topological polar surface area (TPSA) is 83.9 Å². The molecule has 1 amide bonds. The van der Waals surface area contributed by atoms with Gasteiger partial charge in [0.25, 0.3) is 5.91 Å². The highest BCUT2D eigenvalue weighted by Crippen LogP contribution is 2.27. The number of carbonyl (C=O) groups excluding carboxylic acids is 1. The van der Waals surface area contributed by atoms with Crippen molar-refractivity contribution in [3.63, 3.8) is 0 Å². The third kappa shape index (κ3) is 4.14. The van der Waals surface area contributed by atoms with E-state index in [0.717, 1.165) is 30.6 Å². The maximum atomic E-state index is 12.7. The molecule has 0 bridgehead atoms. The number of hydrogen-bond acceptors (Lipinski definition) is 6. The van der Waals surface area contributed by atoms with Crippen LogP contribution in [0.15, 0.2) is 55.1 Å². The number of hydrogen-bond donors (Lipinski definition) is 1. The first-order valence-electron chi connectivity index (χ1n) is 9.41. The highest BCUT2D eigenvalue weighted by atomic mass is 16.2. The standard InChI is InChI=1S/C21H22N6O/c1-15-6-7-19(24-12-15)26-21-23-10-8-18(25-21)17-5-3-11-27(14-17)20(28)16-4-2-9-22-13-16/h2,4,6-10,12-13,17H,3,5,11,14H2,1H3,(H,23,24,25,26)/t17-/m0/s1. The lowest BCUT2D eigenvalue weighted by Gasteiger charge is -2.32. The highest BCUT2D eigenvalue weighted by Gasteiger charge is 2.26. The molecule has 3 aromatic rings. The maximum absolute atomic E-state index is 12.7. The number of carbonyl (C=O) groups is 1. The van der Waals surface area contributed by atoms with Gasteiger partial charge in [-0.2, -0.15) is 0 Å². The number of nitrogens with one attached hydrogen (secondary N) is 1. The summed E-state index contributed by atoms with van der Waals surface area (Å²) < 4.78 is 0. The summed E-state index contributed by atoms with van der Waals surface area (Å²) in [6.45, 7) is 3.40. The minimum atomic E-state index is 0.0223. The lowest BCUT2D eigenvalue weighted by atomic mass is 9.94. The molecule has 1 saturated heterocycles. The molecule has 142 valence electrons. The van der Waals surface area contributed by atoms with Crippen molar-refractivity contribution in [2.45, 2.75) is 25.7 Å². The number of nitrogens with zero attached hydrogens (tertiary/aromatic N) is 5. The van der Waals surface area contributed by atoms with Gasteiger partial charge < -0.3 is 10.2 Å². The van der Waals surface area contributed by atoms with E-state index in [1.54, 1.807) is 36.9 Å². The van der Waals surface area contributed by atoms with Crippen molar-refractivity contribution in [2.24, 2.45) is 0 Å². The van der Waals surface area contributed by atoms with E-state index in [1.165, 1.54) is 0 Å². The molecule has 1 atom stereocenters. The molecule has 4 heterocycles. The van der Waals surface area contributed by atoms with E-state index >= 15 is 0 Å². The van der Waals surface area contributed by atoms with Gasteiger partial charge in [-0.25, -0.2) is 15.0 Å². The Labute approximate surface area is 163 Å². The number of amides is 1. The van der Waals surface area contributed by atoms with E-state index in [9.17, 15) is 4.79 Å². The summed E-state index contributed by atoms with van der Waals surface area (Å²) >= 11 is 0. The van der Waals surface area contributed by atoms with E-state index in [0.29, 0.717) is 23.9 Å². The molecule has 0 radical (unpaired) electrons. The molecule has 7 heteroatoms. The average molecular weight is 374 g/mol. The van der Waals surface area contributed by atoms with Gasteiger partial charge in [0.2, 0.25) is 5.95 Å². The van der Waals surface area contributed by atoms with E-state index in [1.807, 2.05) is 30.0 Å². The first kappa shape index (κ1) is 18.0. The van der Waals surface area contributed by atoms with Crippen LogP contribution in [-0.2, 0) is 0 Å². The second-order valence-electron chi connectivity index (χ2n) is 6.98. The molecule has 0 aromatic carbocycles. The predicted molar refractivity (Wildman–Crippen MR) is 106 cm³/mol. The summed E-state index contributed by atoms with van der Waals surface area (Å²) in [7, 11) is 0. The Hall–Kier alpha value is -3.35. The van der Waals surface area contributed by atoms with Gasteiger partial charge in [-0.15, -0.1) is 0 Å². The van der Waals surface area contributed by atoms with Crippen LogP contribution in [0.5, 0.6) is 0 Å². The van der Waals surface area contributed by atoms with Crippen LogP contribution >= 0.6 is 0 Å². The van der Waals surface area contributed by atoms with Gasteiger partial charge in [0.05, 0.1) is 11.3 Å². The van der Waals surface area contributed by atoms with Crippen molar-refractivity contribution in [3.8, 4) is 0 Å². The first-order chi connectivity index (χ1) is 13.7. The van der Waals surface area contributed by atoms with Crippen LogP contribution in [0.1, 0.15) is 40.4 Å². The van der Waals surface area contributed by atoms with Crippen molar-refractivity contribution >= 4 is 17.7 Å². The zero-order valence-electron chi connectivity index (χ0n) is 15.7. The minimum absolute atomic E-state index is 0.0223. The molecule has 3 aromatic heterocycles. The number of pyridine rings is 2. The van der Waals surface area contributed by atoms with Crippen LogP contribution in [0.4, 0.5) is 11.8 Å². The third-order valence-corrected chi connectivity index (χ3v) is 4.86. The third-order valence-electron chi connectivity index (χ3n) is 4.86.